The van der Waals surface area contributed by atoms with Crippen LogP contribution in [0, 0.1) is 11.8 Å². The Morgan fingerprint density at radius 1 is 0.967 bits per heavy atom. The first-order valence-corrected chi connectivity index (χ1v) is 11.7. The number of nitrogens with two attached hydrogens (primary N) is 1. The summed E-state index contributed by atoms with van der Waals surface area (Å²) in [5, 5.41) is 17.1. The quantitative estimate of drug-likeness (QED) is 0.264. The summed E-state index contributed by atoms with van der Waals surface area (Å²) < 4.78 is 0. The average Bonchev–Trinajstić information content (AvgIpc) is 2.67. The van der Waals surface area contributed by atoms with Gasteiger partial charge in [0.05, 0.1) is 6.04 Å². The molecule has 0 aromatic heterocycles. The number of nitrogens with one attached hydrogen (secondary N) is 3. The van der Waals surface area contributed by atoms with Gasteiger partial charge in [-0.2, -0.15) is 11.8 Å². The van der Waals surface area contributed by atoms with Crippen LogP contribution < -0.4 is 21.7 Å². The number of rotatable bonds is 14. The highest BCUT2D eigenvalue weighted by molar-refractivity contribution is 7.98. The Kier molecular flexibility index (Phi) is 13.4. The van der Waals surface area contributed by atoms with Crippen LogP contribution in [0.25, 0.3) is 0 Å². The van der Waals surface area contributed by atoms with Gasteiger partial charge < -0.3 is 26.8 Å². The zero-order valence-corrected chi connectivity index (χ0v) is 19.7. The van der Waals surface area contributed by atoms with E-state index in [1.54, 1.807) is 6.92 Å². The number of amides is 3. The maximum Gasteiger partial charge on any atom is 0.326 e. The lowest BCUT2D eigenvalue weighted by Crippen LogP contribution is -2.58. The number of hydrogen-bond acceptors (Lipinski definition) is 6. The van der Waals surface area contributed by atoms with E-state index in [1.165, 1.54) is 18.7 Å². The number of carbonyl (C=O) groups is 4. The van der Waals surface area contributed by atoms with Crippen LogP contribution in [0.1, 0.15) is 53.9 Å². The van der Waals surface area contributed by atoms with Crippen LogP contribution >= 0.6 is 11.8 Å². The predicted molar refractivity (Wildman–Crippen MR) is 119 cm³/mol. The molecule has 0 aliphatic carbocycles. The summed E-state index contributed by atoms with van der Waals surface area (Å²) in [4.78, 5) is 48.9. The fourth-order valence-electron chi connectivity index (χ4n) is 2.74. The number of thioether (sulfide) groups is 1. The molecule has 174 valence electrons. The van der Waals surface area contributed by atoms with Crippen molar-refractivity contribution >= 4 is 35.5 Å². The molecule has 0 spiro atoms. The Labute approximate surface area is 183 Å². The largest absolute Gasteiger partial charge is 0.480 e. The first-order chi connectivity index (χ1) is 13.9. The zero-order chi connectivity index (χ0) is 23.4. The lowest BCUT2D eigenvalue weighted by molar-refractivity contribution is -0.142. The molecule has 10 heteroatoms. The third-order valence-corrected chi connectivity index (χ3v) is 5.48. The SMILES string of the molecule is CCC(C)C(NC(=O)C(C)NC(=O)C(N)CC(C)C)C(=O)NC(CCSC)C(=O)O. The minimum atomic E-state index is -1.12. The van der Waals surface area contributed by atoms with E-state index in [4.69, 9.17) is 5.73 Å². The molecule has 0 aromatic rings. The van der Waals surface area contributed by atoms with Crippen molar-refractivity contribution in [3.05, 3.63) is 0 Å². The molecule has 0 aliphatic heterocycles. The van der Waals surface area contributed by atoms with E-state index in [0.29, 0.717) is 18.6 Å². The topological polar surface area (TPSA) is 151 Å². The van der Waals surface area contributed by atoms with Gasteiger partial charge >= 0.3 is 5.97 Å². The minimum Gasteiger partial charge on any atom is -0.480 e. The summed E-state index contributed by atoms with van der Waals surface area (Å²) in [5.41, 5.74) is 5.84. The summed E-state index contributed by atoms with van der Waals surface area (Å²) in [6.07, 6.45) is 3.22. The molecular formula is C20H38N4O5S. The highest BCUT2D eigenvalue weighted by atomic mass is 32.2. The van der Waals surface area contributed by atoms with Crippen molar-refractivity contribution in [3.8, 4) is 0 Å². The van der Waals surface area contributed by atoms with Gasteiger partial charge in [0.25, 0.3) is 0 Å². The van der Waals surface area contributed by atoms with Crippen LogP contribution in [0.2, 0.25) is 0 Å². The maximum absolute atomic E-state index is 12.7. The lowest BCUT2D eigenvalue weighted by Gasteiger charge is -2.27. The Morgan fingerprint density at radius 2 is 1.57 bits per heavy atom. The molecule has 0 rings (SSSR count). The molecule has 0 saturated heterocycles. The van der Waals surface area contributed by atoms with E-state index in [0.717, 1.165) is 0 Å². The third-order valence-electron chi connectivity index (χ3n) is 4.83. The summed E-state index contributed by atoms with van der Waals surface area (Å²) in [6, 6.07) is -3.55. The monoisotopic (exact) mass is 446 g/mol. The van der Waals surface area contributed by atoms with Gasteiger partial charge in [-0.25, -0.2) is 4.79 Å². The van der Waals surface area contributed by atoms with Gasteiger partial charge in [0.2, 0.25) is 17.7 Å². The fraction of sp³-hybridized carbons (Fsp3) is 0.800. The second kappa shape index (κ2) is 14.2. The molecular weight excluding hydrogens is 408 g/mol. The van der Waals surface area contributed by atoms with Crippen LogP contribution in [0.4, 0.5) is 0 Å². The molecule has 3 amide bonds. The Bertz CT molecular complexity index is 588. The number of aliphatic carboxylic acids is 1. The summed E-state index contributed by atoms with van der Waals surface area (Å²) >= 11 is 1.48. The second-order valence-corrected chi connectivity index (χ2v) is 9.00. The fourth-order valence-corrected chi connectivity index (χ4v) is 3.21. The zero-order valence-electron chi connectivity index (χ0n) is 18.9. The molecule has 0 saturated carbocycles. The van der Waals surface area contributed by atoms with Crippen molar-refractivity contribution in [2.45, 2.75) is 78.0 Å². The van der Waals surface area contributed by atoms with E-state index >= 15 is 0 Å². The van der Waals surface area contributed by atoms with E-state index in [1.807, 2.05) is 27.0 Å². The van der Waals surface area contributed by atoms with Gasteiger partial charge in [-0.15, -0.1) is 0 Å². The molecule has 0 bridgehead atoms. The lowest BCUT2D eigenvalue weighted by atomic mass is 9.97. The first-order valence-electron chi connectivity index (χ1n) is 10.3. The van der Waals surface area contributed by atoms with E-state index < -0.39 is 47.9 Å². The minimum absolute atomic E-state index is 0.227. The standard InChI is InChI=1S/C20H38N4O5S/c1-7-12(4)16(19(27)23-15(20(28)29)8-9-30-6)24-17(25)13(5)22-18(26)14(21)10-11(2)3/h11-16H,7-10,21H2,1-6H3,(H,22,26)(H,23,27)(H,24,25)(H,28,29). The molecule has 9 nitrogen and oxygen atoms in total. The maximum atomic E-state index is 12.7. The third kappa shape index (κ3) is 10.3. The number of carbonyl (C=O) groups excluding carboxylic acids is 3. The van der Waals surface area contributed by atoms with Crippen LogP contribution in [-0.2, 0) is 19.2 Å². The van der Waals surface area contributed by atoms with E-state index in [2.05, 4.69) is 16.0 Å². The van der Waals surface area contributed by atoms with Crippen LogP contribution in [0.3, 0.4) is 0 Å². The smallest absolute Gasteiger partial charge is 0.326 e. The van der Waals surface area contributed by atoms with Gasteiger partial charge in [-0.05, 0) is 43.6 Å². The molecule has 0 fully saturated rings. The van der Waals surface area contributed by atoms with E-state index in [9.17, 15) is 24.3 Å². The van der Waals surface area contributed by atoms with Gasteiger partial charge in [-0.1, -0.05) is 34.1 Å². The summed E-state index contributed by atoms with van der Waals surface area (Å²) in [5.74, 6) is -2.04. The van der Waals surface area contributed by atoms with Crippen molar-refractivity contribution in [1.82, 2.24) is 16.0 Å². The predicted octanol–water partition coefficient (Wildman–Crippen LogP) is 0.718. The number of carboxylic acid groups (broad SMARTS) is 1. The Morgan fingerprint density at radius 3 is 2.03 bits per heavy atom. The first kappa shape index (κ1) is 28.2. The van der Waals surface area contributed by atoms with Crippen LogP contribution in [-0.4, -0.2) is 65.0 Å². The average molecular weight is 447 g/mol. The number of hydrogen-bond donors (Lipinski definition) is 5. The van der Waals surface area contributed by atoms with Crippen molar-refractivity contribution in [3.63, 3.8) is 0 Å². The molecule has 0 heterocycles. The molecule has 5 unspecified atom stereocenters. The van der Waals surface area contributed by atoms with Crippen molar-refractivity contribution < 1.29 is 24.3 Å². The van der Waals surface area contributed by atoms with Crippen LogP contribution in [0.5, 0.6) is 0 Å². The van der Waals surface area contributed by atoms with Gasteiger partial charge in [0.1, 0.15) is 18.1 Å². The molecule has 0 radical (unpaired) electrons. The molecule has 0 aromatic carbocycles. The van der Waals surface area contributed by atoms with Gasteiger partial charge in [0.15, 0.2) is 0 Å². The highest BCUT2D eigenvalue weighted by Gasteiger charge is 2.31. The summed E-state index contributed by atoms with van der Waals surface area (Å²) in [6.45, 7) is 9.07. The van der Waals surface area contributed by atoms with Crippen LogP contribution in [0.15, 0.2) is 0 Å². The van der Waals surface area contributed by atoms with Gasteiger partial charge in [-0.3, -0.25) is 14.4 Å². The van der Waals surface area contributed by atoms with Crippen molar-refractivity contribution in [1.29, 1.82) is 0 Å². The Hall–Kier alpha value is -1.81. The molecule has 6 N–H and O–H groups in total. The molecule has 5 atom stereocenters. The van der Waals surface area contributed by atoms with Crippen molar-refractivity contribution in [2.75, 3.05) is 12.0 Å². The van der Waals surface area contributed by atoms with Crippen molar-refractivity contribution in [2.24, 2.45) is 17.6 Å². The second-order valence-electron chi connectivity index (χ2n) is 8.02. The number of carboxylic acids is 1. The molecule has 30 heavy (non-hydrogen) atoms. The van der Waals surface area contributed by atoms with Gasteiger partial charge in [0, 0.05) is 0 Å². The summed E-state index contributed by atoms with van der Waals surface area (Å²) in [7, 11) is 0. The molecule has 0 aliphatic rings. The normalized spacial score (nSPS) is 16.1. The highest BCUT2D eigenvalue weighted by Crippen LogP contribution is 2.10. The Balaban J connectivity index is 5.10. The van der Waals surface area contributed by atoms with E-state index in [-0.39, 0.29) is 18.3 Å².